The molecule has 0 spiro atoms. The number of aryl methyl sites for hydroxylation is 1. The number of nitrogens with one attached hydrogen (secondary N) is 4. The highest BCUT2D eigenvalue weighted by molar-refractivity contribution is 8.01. The summed E-state index contributed by atoms with van der Waals surface area (Å²) in [6.45, 7) is 3.80. The SMILES string of the molecule is CCOC(=O)N[C@H](Cc1c[nH]c2ccccc12)C(=O)Nc1ccc2nc(SCC(=O)Nc3cc(Cl)ccc3C)sc2c1. The summed E-state index contributed by atoms with van der Waals surface area (Å²) in [5.41, 5.74) is 4.77. The number of para-hydroxylation sites is 1. The van der Waals surface area contributed by atoms with Crippen molar-refractivity contribution < 1.29 is 19.1 Å². The fraction of sp³-hybridized carbons (Fsp3) is 0.200. The van der Waals surface area contributed by atoms with Crippen LogP contribution in [0.5, 0.6) is 0 Å². The number of hydrogen-bond acceptors (Lipinski definition) is 7. The number of benzene rings is 3. The molecule has 3 amide bonds. The monoisotopic (exact) mass is 621 g/mol. The van der Waals surface area contributed by atoms with Crippen LogP contribution in [0.4, 0.5) is 16.2 Å². The van der Waals surface area contributed by atoms with Gasteiger partial charge in [-0.3, -0.25) is 9.59 Å². The van der Waals surface area contributed by atoms with Crippen LogP contribution in [0.3, 0.4) is 0 Å². The molecule has 12 heteroatoms. The third-order valence-corrected chi connectivity index (χ3v) is 8.82. The highest BCUT2D eigenvalue weighted by atomic mass is 35.5. The number of amides is 3. The van der Waals surface area contributed by atoms with Gasteiger partial charge in [-0.05, 0) is 61.4 Å². The Bertz CT molecular complexity index is 1770. The molecule has 2 aromatic heterocycles. The van der Waals surface area contributed by atoms with Gasteiger partial charge in [0.25, 0.3) is 0 Å². The fourth-order valence-electron chi connectivity index (χ4n) is 4.36. The molecule has 42 heavy (non-hydrogen) atoms. The Morgan fingerprint density at radius 1 is 1.10 bits per heavy atom. The number of ether oxygens (including phenoxy) is 1. The molecule has 0 bridgehead atoms. The van der Waals surface area contributed by atoms with Gasteiger partial charge in [0.2, 0.25) is 11.8 Å². The van der Waals surface area contributed by atoms with Gasteiger partial charge in [-0.15, -0.1) is 11.3 Å². The lowest BCUT2D eigenvalue weighted by molar-refractivity contribution is -0.118. The van der Waals surface area contributed by atoms with E-state index in [1.807, 2.05) is 55.6 Å². The van der Waals surface area contributed by atoms with Crippen LogP contribution >= 0.6 is 34.7 Å². The normalized spacial score (nSPS) is 11.8. The van der Waals surface area contributed by atoms with E-state index in [9.17, 15) is 14.4 Å². The van der Waals surface area contributed by atoms with Crippen molar-refractivity contribution in [3.63, 3.8) is 0 Å². The van der Waals surface area contributed by atoms with E-state index < -0.39 is 12.1 Å². The van der Waals surface area contributed by atoms with Crippen LogP contribution in [-0.2, 0) is 20.7 Å². The van der Waals surface area contributed by atoms with Gasteiger partial charge in [0, 0.05) is 39.9 Å². The van der Waals surface area contributed by atoms with Crippen LogP contribution in [0.25, 0.3) is 21.1 Å². The number of H-pyrrole nitrogens is 1. The standard InChI is InChI=1S/C30H28ClN5O4S2/c1-3-40-29(39)35-25(12-18-15-32-22-7-5-4-6-21(18)22)28(38)33-20-10-11-23-26(14-20)42-30(36-23)41-16-27(37)34-24-13-19(31)9-8-17(24)2/h4-11,13-15,25,32H,3,12,16H2,1-2H3,(H,33,38)(H,34,37)(H,35,39)/t25-/m1/s1. The third kappa shape index (κ3) is 7.22. The van der Waals surface area contributed by atoms with E-state index >= 15 is 0 Å². The maximum Gasteiger partial charge on any atom is 0.407 e. The molecule has 4 N–H and O–H groups in total. The van der Waals surface area contributed by atoms with E-state index in [0.717, 1.165) is 36.6 Å². The lowest BCUT2D eigenvalue weighted by atomic mass is 10.0. The zero-order valence-corrected chi connectivity index (χ0v) is 25.2. The topological polar surface area (TPSA) is 125 Å². The molecule has 9 nitrogen and oxygen atoms in total. The Labute approximate surface area is 255 Å². The van der Waals surface area contributed by atoms with E-state index in [4.69, 9.17) is 16.3 Å². The van der Waals surface area contributed by atoms with Gasteiger partial charge in [-0.1, -0.05) is 47.6 Å². The van der Waals surface area contributed by atoms with Crippen molar-refractivity contribution in [3.05, 3.63) is 83.0 Å². The van der Waals surface area contributed by atoms with Gasteiger partial charge in [0.1, 0.15) is 6.04 Å². The first-order valence-corrected chi connectivity index (χ1v) is 15.4. The summed E-state index contributed by atoms with van der Waals surface area (Å²) >= 11 is 8.81. The molecule has 5 aromatic rings. The number of thioether (sulfide) groups is 1. The molecule has 0 fully saturated rings. The zero-order chi connectivity index (χ0) is 29.6. The Morgan fingerprint density at radius 2 is 1.93 bits per heavy atom. The minimum Gasteiger partial charge on any atom is -0.450 e. The Morgan fingerprint density at radius 3 is 2.76 bits per heavy atom. The second-order valence-electron chi connectivity index (χ2n) is 9.43. The van der Waals surface area contributed by atoms with Crippen molar-refractivity contribution in [2.45, 2.75) is 30.6 Å². The maximum atomic E-state index is 13.4. The summed E-state index contributed by atoms with van der Waals surface area (Å²) in [5.74, 6) is -0.350. The van der Waals surface area contributed by atoms with E-state index in [1.54, 1.807) is 25.1 Å². The number of rotatable bonds is 10. The molecule has 0 saturated carbocycles. The Balaban J connectivity index is 1.25. The molecule has 216 valence electrons. The zero-order valence-electron chi connectivity index (χ0n) is 22.8. The molecular formula is C30H28ClN5O4S2. The summed E-state index contributed by atoms with van der Waals surface area (Å²) in [4.78, 5) is 46.0. The second kappa shape index (κ2) is 13.3. The van der Waals surface area contributed by atoms with Crippen LogP contribution in [-0.4, -0.2) is 46.3 Å². The third-order valence-electron chi connectivity index (χ3n) is 6.42. The van der Waals surface area contributed by atoms with Crippen LogP contribution in [0, 0.1) is 6.92 Å². The van der Waals surface area contributed by atoms with Crippen molar-refractivity contribution in [1.29, 1.82) is 0 Å². The van der Waals surface area contributed by atoms with Gasteiger partial charge < -0.3 is 25.7 Å². The smallest absolute Gasteiger partial charge is 0.407 e. The van der Waals surface area contributed by atoms with Crippen molar-refractivity contribution >= 4 is 85.1 Å². The number of anilines is 2. The molecule has 0 radical (unpaired) electrons. The second-order valence-corrected chi connectivity index (χ2v) is 12.1. The number of fused-ring (bicyclic) bond motifs is 2. The number of halogens is 1. The molecule has 0 aliphatic heterocycles. The van der Waals surface area contributed by atoms with Crippen LogP contribution in [0.15, 0.2) is 71.2 Å². The molecular weight excluding hydrogens is 594 g/mol. The van der Waals surface area contributed by atoms with Crippen molar-refractivity contribution in [1.82, 2.24) is 15.3 Å². The molecule has 0 aliphatic carbocycles. The average Bonchev–Trinajstić information content (AvgIpc) is 3.57. The fourth-order valence-corrected chi connectivity index (χ4v) is 6.44. The first kappa shape index (κ1) is 29.4. The van der Waals surface area contributed by atoms with Gasteiger partial charge in [0.15, 0.2) is 4.34 Å². The maximum absolute atomic E-state index is 13.4. The van der Waals surface area contributed by atoms with Crippen molar-refractivity contribution in [2.24, 2.45) is 0 Å². The molecule has 1 atom stereocenters. The number of alkyl carbamates (subject to hydrolysis) is 1. The lowest BCUT2D eigenvalue weighted by Gasteiger charge is -2.18. The van der Waals surface area contributed by atoms with Gasteiger partial charge in [-0.2, -0.15) is 0 Å². The molecule has 3 aromatic carbocycles. The number of aromatic nitrogens is 2. The number of carbonyl (C=O) groups excluding carboxylic acids is 3. The molecule has 5 rings (SSSR count). The Kier molecular flexibility index (Phi) is 9.31. The summed E-state index contributed by atoms with van der Waals surface area (Å²) in [6.07, 6.45) is 1.46. The Hall–Kier alpha value is -4.06. The van der Waals surface area contributed by atoms with E-state index in [2.05, 4.69) is 25.9 Å². The molecule has 0 unspecified atom stereocenters. The highest BCUT2D eigenvalue weighted by Gasteiger charge is 2.24. The number of aromatic amines is 1. The minimum absolute atomic E-state index is 0.159. The van der Waals surface area contributed by atoms with Crippen LogP contribution < -0.4 is 16.0 Å². The number of carbonyl (C=O) groups is 3. The van der Waals surface area contributed by atoms with Gasteiger partial charge >= 0.3 is 6.09 Å². The summed E-state index contributed by atoms with van der Waals surface area (Å²) < 4.78 is 6.63. The highest BCUT2D eigenvalue weighted by Crippen LogP contribution is 2.32. The van der Waals surface area contributed by atoms with Crippen LogP contribution in [0.2, 0.25) is 5.02 Å². The molecule has 2 heterocycles. The molecule has 0 aliphatic rings. The van der Waals surface area contributed by atoms with E-state index in [0.29, 0.717) is 16.4 Å². The summed E-state index contributed by atoms with van der Waals surface area (Å²) in [5, 5.41) is 10.0. The first-order valence-electron chi connectivity index (χ1n) is 13.2. The minimum atomic E-state index is -0.867. The summed E-state index contributed by atoms with van der Waals surface area (Å²) in [7, 11) is 0. The lowest BCUT2D eigenvalue weighted by Crippen LogP contribution is -2.45. The number of hydrogen-bond donors (Lipinski definition) is 4. The quantitative estimate of drug-likeness (QED) is 0.128. The van der Waals surface area contributed by atoms with Crippen molar-refractivity contribution in [3.8, 4) is 0 Å². The van der Waals surface area contributed by atoms with E-state index in [1.165, 1.54) is 23.1 Å². The van der Waals surface area contributed by atoms with E-state index in [-0.39, 0.29) is 30.6 Å². The van der Waals surface area contributed by atoms with Crippen LogP contribution in [0.1, 0.15) is 18.1 Å². The number of nitrogens with zero attached hydrogens (tertiary/aromatic N) is 1. The van der Waals surface area contributed by atoms with Gasteiger partial charge in [-0.25, -0.2) is 9.78 Å². The molecule has 0 saturated heterocycles. The first-order chi connectivity index (χ1) is 20.3. The van der Waals surface area contributed by atoms with Crippen molar-refractivity contribution in [2.75, 3.05) is 23.0 Å². The predicted molar refractivity (Wildman–Crippen MR) is 170 cm³/mol. The van der Waals surface area contributed by atoms with Gasteiger partial charge in [0.05, 0.1) is 22.6 Å². The predicted octanol–water partition coefficient (Wildman–Crippen LogP) is 6.77. The summed E-state index contributed by atoms with van der Waals surface area (Å²) in [6, 6.07) is 17.7. The average molecular weight is 622 g/mol. The number of thiazole rings is 1. The largest absolute Gasteiger partial charge is 0.450 e.